The minimum absolute atomic E-state index is 0.0442. The van der Waals surface area contributed by atoms with E-state index in [-0.39, 0.29) is 11.7 Å². The molecule has 1 aromatic heterocycles. The zero-order valence-corrected chi connectivity index (χ0v) is 27.8. The monoisotopic (exact) mass is 644 g/mol. The van der Waals surface area contributed by atoms with Gasteiger partial charge in [-0.1, -0.05) is 86.0 Å². The summed E-state index contributed by atoms with van der Waals surface area (Å²) >= 11 is 4.73. The third-order valence-electron chi connectivity index (χ3n) is 9.42. The van der Waals surface area contributed by atoms with Crippen molar-refractivity contribution < 1.29 is 4.79 Å². The zero-order valence-electron chi connectivity index (χ0n) is 26.9. The van der Waals surface area contributed by atoms with Gasteiger partial charge in [-0.25, -0.2) is 4.98 Å². The molecule has 4 aromatic carbocycles. The summed E-state index contributed by atoms with van der Waals surface area (Å²) in [6.07, 6.45) is 7.61. The fourth-order valence-corrected chi connectivity index (χ4v) is 6.92. The van der Waals surface area contributed by atoms with Gasteiger partial charge in [0.05, 0.1) is 17.6 Å². The number of amides is 1. The van der Waals surface area contributed by atoms with Crippen LogP contribution < -0.4 is 11.5 Å². The van der Waals surface area contributed by atoms with E-state index < -0.39 is 0 Å². The number of rotatable bonds is 12. The third kappa shape index (κ3) is 7.95. The first-order valence-electron chi connectivity index (χ1n) is 16.6. The smallest absolute Gasteiger partial charge is 0.254 e. The number of aryl methyl sites for hydroxylation is 2. The highest BCUT2D eigenvalue weighted by molar-refractivity contribution is 7.80. The fourth-order valence-electron chi connectivity index (χ4n) is 6.69. The summed E-state index contributed by atoms with van der Waals surface area (Å²) in [5.74, 6) is 1.59. The number of carbonyl (C=O) groups excluding carboxylic acids is 1. The van der Waals surface area contributed by atoms with Gasteiger partial charge in [0.15, 0.2) is 0 Å². The number of benzene rings is 4. The van der Waals surface area contributed by atoms with E-state index in [0.717, 1.165) is 63.4 Å². The fraction of sp³-hybridized carbons (Fsp3) is 0.308. The summed E-state index contributed by atoms with van der Waals surface area (Å²) < 4.78 is 2.25. The number of carbonyl (C=O) groups is 1. The molecule has 0 aliphatic heterocycles. The van der Waals surface area contributed by atoms with Crippen molar-refractivity contribution in [3.05, 3.63) is 130 Å². The van der Waals surface area contributed by atoms with Crippen LogP contribution in [0, 0.1) is 11.3 Å². The SMILES string of the molecule is N=C(N)c1ccc(CCc2nc3cc(C(=O)N(Cc4ccc(CN)cc4)CC4CCCCC4)ccc3n2Cc2ccccc2S)cc1. The summed E-state index contributed by atoms with van der Waals surface area (Å²) in [7, 11) is 0. The highest BCUT2D eigenvalue weighted by Crippen LogP contribution is 2.28. The van der Waals surface area contributed by atoms with Crippen molar-refractivity contribution in [2.24, 2.45) is 17.4 Å². The first kappa shape index (κ1) is 32.5. The summed E-state index contributed by atoms with van der Waals surface area (Å²) in [5.41, 5.74) is 19.1. The van der Waals surface area contributed by atoms with Gasteiger partial charge in [0.2, 0.25) is 0 Å². The highest BCUT2D eigenvalue weighted by Gasteiger charge is 2.24. The maximum absolute atomic E-state index is 14.2. The van der Waals surface area contributed by atoms with Crippen LogP contribution in [0.3, 0.4) is 0 Å². The maximum Gasteiger partial charge on any atom is 0.254 e. The van der Waals surface area contributed by atoms with Crippen molar-refractivity contribution in [2.45, 2.75) is 69.5 Å². The van der Waals surface area contributed by atoms with Gasteiger partial charge >= 0.3 is 0 Å². The van der Waals surface area contributed by atoms with Crippen LogP contribution in [0.5, 0.6) is 0 Å². The van der Waals surface area contributed by atoms with Gasteiger partial charge in [0, 0.05) is 42.1 Å². The number of amidine groups is 1. The number of fused-ring (bicyclic) bond motifs is 1. The highest BCUT2D eigenvalue weighted by atomic mass is 32.1. The van der Waals surface area contributed by atoms with Crippen LogP contribution in [0.15, 0.2) is 95.9 Å². The van der Waals surface area contributed by atoms with Crippen molar-refractivity contribution in [3.8, 4) is 0 Å². The molecule has 47 heavy (non-hydrogen) atoms. The lowest BCUT2D eigenvalue weighted by atomic mass is 9.88. The number of aromatic nitrogens is 2. The average Bonchev–Trinajstić information content (AvgIpc) is 3.44. The van der Waals surface area contributed by atoms with Gasteiger partial charge in [0.1, 0.15) is 11.7 Å². The van der Waals surface area contributed by atoms with Crippen LogP contribution in [0.1, 0.15) is 76.1 Å². The Morgan fingerprint density at radius 2 is 1.55 bits per heavy atom. The molecule has 8 heteroatoms. The topological polar surface area (TPSA) is 114 Å². The summed E-state index contributed by atoms with van der Waals surface area (Å²) in [5, 5.41) is 7.69. The standard InChI is InChI=1S/C39H44N6OS/c40-23-28-10-12-30(13-11-28)25-44(24-29-6-2-1-3-7-29)39(46)32-19-20-35-34(22-32)43-37(45(35)26-33-8-4-5-9-36(33)47)21-16-27-14-17-31(18-15-27)38(41)42/h4-5,8-15,17-20,22,29,47H,1-3,6-7,16,21,23-26,40H2,(H3,41,42). The third-order valence-corrected chi connectivity index (χ3v) is 9.86. The van der Waals surface area contributed by atoms with E-state index in [0.29, 0.717) is 36.7 Å². The molecule has 242 valence electrons. The molecule has 0 bridgehead atoms. The molecule has 7 nitrogen and oxygen atoms in total. The minimum atomic E-state index is 0.0442. The van der Waals surface area contributed by atoms with Crippen molar-refractivity contribution in [2.75, 3.05) is 6.54 Å². The van der Waals surface area contributed by atoms with E-state index in [2.05, 4.69) is 41.0 Å². The lowest BCUT2D eigenvalue weighted by Crippen LogP contribution is -2.35. The van der Waals surface area contributed by atoms with Gasteiger partial charge in [-0.15, -0.1) is 12.6 Å². The predicted octanol–water partition coefficient (Wildman–Crippen LogP) is 7.12. The molecule has 0 atom stereocenters. The molecule has 1 amide bonds. The summed E-state index contributed by atoms with van der Waals surface area (Å²) in [6.45, 7) is 2.47. The Labute approximate surface area is 282 Å². The molecule has 5 aromatic rings. The summed E-state index contributed by atoms with van der Waals surface area (Å²) in [6, 6.07) is 30.2. The second kappa shape index (κ2) is 15.0. The van der Waals surface area contributed by atoms with Gasteiger partial charge in [0.25, 0.3) is 5.91 Å². The van der Waals surface area contributed by atoms with Crippen LogP contribution in [-0.4, -0.2) is 32.7 Å². The largest absolute Gasteiger partial charge is 0.384 e. The number of nitrogen functional groups attached to an aromatic ring is 1. The number of nitrogens with two attached hydrogens (primary N) is 2. The molecule has 1 aliphatic carbocycles. The number of nitrogens with one attached hydrogen (secondary N) is 1. The second-order valence-electron chi connectivity index (χ2n) is 12.8. The van der Waals surface area contributed by atoms with Crippen molar-refractivity contribution >= 4 is 35.4 Å². The Kier molecular flexibility index (Phi) is 10.4. The Bertz CT molecular complexity index is 1840. The number of hydrogen-bond acceptors (Lipinski definition) is 5. The maximum atomic E-state index is 14.2. The molecule has 6 rings (SSSR count). The number of nitrogens with zero attached hydrogens (tertiary/aromatic N) is 3. The van der Waals surface area contributed by atoms with Crippen LogP contribution in [0.25, 0.3) is 11.0 Å². The second-order valence-corrected chi connectivity index (χ2v) is 13.2. The Hall–Kier alpha value is -4.40. The van der Waals surface area contributed by atoms with Gasteiger partial charge in [-0.3, -0.25) is 10.2 Å². The van der Waals surface area contributed by atoms with Crippen molar-refractivity contribution in [1.29, 1.82) is 5.41 Å². The van der Waals surface area contributed by atoms with E-state index in [9.17, 15) is 4.79 Å². The first-order chi connectivity index (χ1) is 22.9. The van der Waals surface area contributed by atoms with E-state index in [1.165, 1.54) is 32.1 Å². The lowest BCUT2D eigenvalue weighted by Gasteiger charge is -2.30. The van der Waals surface area contributed by atoms with E-state index in [1.54, 1.807) is 0 Å². The van der Waals surface area contributed by atoms with Gasteiger partial charge in [-0.05, 0) is 71.7 Å². The molecule has 0 radical (unpaired) electrons. The first-order valence-corrected chi connectivity index (χ1v) is 17.1. The van der Waals surface area contributed by atoms with Crippen molar-refractivity contribution in [1.82, 2.24) is 14.5 Å². The summed E-state index contributed by atoms with van der Waals surface area (Å²) in [4.78, 5) is 22.3. The zero-order chi connectivity index (χ0) is 32.8. The molecule has 0 unspecified atom stereocenters. The van der Waals surface area contributed by atoms with Gasteiger partial charge < -0.3 is 20.9 Å². The van der Waals surface area contributed by atoms with Gasteiger partial charge in [-0.2, -0.15) is 0 Å². The molecule has 0 saturated heterocycles. The lowest BCUT2D eigenvalue weighted by molar-refractivity contribution is 0.0699. The van der Waals surface area contributed by atoms with Crippen LogP contribution in [0.4, 0.5) is 0 Å². The molecule has 1 fully saturated rings. The number of thiol groups is 1. The van der Waals surface area contributed by atoms with Crippen LogP contribution in [-0.2, 0) is 32.5 Å². The molecule has 1 saturated carbocycles. The Morgan fingerprint density at radius 1 is 0.872 bits per heavy atom. The molecular formula is C39H44N6OS. The predicted molar refractivity (Wildman–Crippen MR) is 193 cm³/mol. The Morgan fingerprint density at radius 3 is 2.26 bits per heavy atom. The van der Waals surface area contributed by atoms with Crippen LogP contribution >= 0.6 is 12.6 Å². The molecule has 0 spiro atoms. The Balaban J connectivity index is 1.30. The number of hydrogen-bond donors (Lipinski definition) is 4. The average molecular weight is 645 g/mol. The molecule has 5 N–H and O–H groups in total. The molecule has 1 aliphatic rings. The van der Waals surface area contributed by atoms with E-state index in [4.69, 9.17) is 34.5 Å². The van der Waals surface area contributed by atoms with E-state index >= 15 is 0 Å². The normalized spacial score (nSPS) is 13.6. The minimum Gasteiger partial charge on any atom is -0.384 e. The van der Waals surface area contributed by atoms with Crippen molar-refractivity contribution in [3.63, 3.8) is 0 Å². The molecule has 1 heterocycles. The van der Waals surface area contributed by atoms with E-state index in [1.807, 2.05) is 59.5 Å². The molecular weight excluding hydrogens is 601 g/mol. The number of imidazole rings is 1. The van der Waals surface area contributed by atoms with Crippen LogP contribution in [0.2, 0.25) is 0 Å². The quantitative estimate of drug-likeness (QED) is 0.0658.